The van der Waals surface area contributed by atoms with Gasteiger partial charge in [0.05, 0.1) is 12.0 Å². The zero-order valence-electron chi connectivity index (χ0n) is 9.86. The minimum absolute atomic E-state index is 0.671. The molecular formula is C12H22N4. The van der Waals surface area contributed by atoms with Gasteiger partial charge < -0.3 is 15.6 Å². The van der Waals surface area contributed by atoms with E-state index in [-0.39, 0.29) is 0 Å². The van der Waals surface area contributed by atoms with Gasteiger partial charge in [0, 0.05) is 25.8 Å². The topological polar surface area (TPSA) is 55.9 Å². The Morgan fingerprint density at radius 3 is 3.12 bits per heavy atom. The number of hydrogen-bond donors (Lipinski definition) is 2. The quantitative estimate of drug-likeness (QED) is 0.648. The zero-order chi connectivity index (χ0) is 11.2. The summed E-state index contributed by atoms with van der Waals surface area (Å²) in [6, 6.07) is 0. The predicted octanol–water partition coefficient (Wildman–Crippen LogP) is 1.12. The van der Waals surface area contributed by atoms with E-state index in [0.717, 1.165) is 31.2 Å². The third kappa shape index (κ3) is 3.94. The average molecular weight is 222 g/mol. The van der Waals surface area contributed by atoms with Crippen LogP contribution in [-0.4, -0.2) is 22.6 Å². The van der Waals surface area contributed by atoms with Crippen LogP contribution in [-0.2, 0) is 13.1 Å². The Morgan fingerprint density at radius 1 is 1.50 bits per heavy atom. The van der Waals surface area contributed by atoms with Crippen LogP contribution in [0.1, 0.15) is 31.4 Å². The fourth-order valence-corrected chi connectivity index (χ4v) is 1.91. The molecule has 1 aromatic rings. The molecule has 0 aromatic carbocycles. The van der Waals surface area contributed by atoms with Crippen LogP contribution in [0.15, 0.2) is 12.5 Å². The third-order valence-corrected chi connectivity index (χ3v) is 3.04. The van der Waals surface area contributed by atoms with Crippen molar-refractivity contribution >= 4 is 0 Å². The number of nitrogens with one attached hydrogen (secondary N) is 1. The molecule has 0 atom stereocenters. The number of hydrogen-bond acceptors (Lipinski definition) is 3. The van der Waals surface area contributed by atoms with Crippen molar-refractivity contribution in [2.45, 2.75) is 38.8 Å². The zero-order valence-corrected chi connectivity index (χ0v) is 9.86. The summed E-state index contributed by atoms with van der Waals surface area (Å²) in [6.07, 6.45) is 9.55. The van der Waals surface area contributed by atoms with E-state index >= 15 is 0 Å². The van der Waals surface area contributed by atoms with Crippen molar-refractivity contribution in [3.8, 4) is 0 Å². The minimum atomic E-state index is 0.671. The van der Waals surface area contributed by atoms with Crippen LogP contribution >= 0.6 is 0 Å². The molecule has 1 saturated carbocycles. The highest BCUT2D eigenvalue weighted by Crippen LogP contribution is 2.33. The molecule has 4 heteroatoms. The van der Waals surface area contributed by atoms with E-state index < -0.39 is 0 Å². The van der Waals surface area contributed by atoms with E-state index in [4.69, 9.17) is 5.73 Å². The van der Waals surface area contributed by atoms with Gasteiger partial charge in [-0.2, -0.15) is 0 Å². The standard InChI is InChI=1S/C12H22N4/c13-5-7-16-9-12(15-10-16)8-14-6-1-2-11-3-4-11/h9-11,14H,1-8,13H2. The SMILES string of the molecule is NCCn1cnc(CNCCCC2CC2)c1. The molecule has 1 heterocycles. The van der Waals surface area contributed by atoms with Crippen LogP contribution in [0, 0.1) is 5.92 Å². The number of nitrogens with zero attached hydrogens (tertiary/aromatic N) is 2. The Bertz CT molecular complexity index is 304. The molecule has 0 aliphatic heterocycles. The van der Waals surface area contributed by atoms with Crippen molar-refractivity contribution in [1.29, 1.82) is 0 Å². The van der Waals surface area contributed by atoms with E-state index in [9.17, 15) is 0 Å². The molecule has 1 fully saturated rings. The highest BCUT2D eigenvalue weighted by Gasteiger charge is 2.19. The van der Waals surface area contributed by atoms with Crippen molar-refractivity contribution < 1.29 is 0 Å². The maximum Gasteiger partial charge on any atom is 0.0950 e. The summed E-state index contributed by atoms with van der Waals surface area (Å²) < 4.78 is 2.04. The summed E-state index contributed by atoms with van der Waals surface area (Å²) in [4.78, 5) is 4.32. The molecule has 1 aliphatic rings. The minimum Gasteiger partial charge on any atom is -0.336 e. The van der Waals surface area contributed by atoms with Crippen molar-refractivity contribution in [3.05, 3.63) is 18.2 Å². The van der Waals surface area contributed by atoms with Crippen LogP contribution in [0.2, 0.25) is 0 Å². The Kier molecular flexibility index (Phi) is 4.36. The summed E-state index contributed by atoms with van der Waals surface area (Å²) in [7, 11) is 0. The van der Waals surface area contributed by atoms with Gasteiger partial charge in [-0.1, -0.05) is 12.8 Å². The molecule has 1 aliphatic carbocycles. The Labute approximate surface area is 97.2 Å². The average Bonchev–Trinajstić information content (AvgIpc) is 2.99. The highest BCUT2D eigenvalue weighted by molar-refractivity contribution is 4.96. The van der Waals surface area contributed by atoms with Crippen LogP contribution in [0.25, 0.3) is 0 Å². The number of aromatic nitrogens is 2. The first-order valence-corrected chi connectivity index (χ1v) is 6.30. The Hall–Kier alpha value is -0.870. The molecule has 90 valence electrons. The molecule has 0 saturated heterocycles. The van der Waals surface area contributed by atoms with Crippen LogP contribution < -0.4 is 11.1 Å². The van der Waals surface area contributed by atoms with Crippen molar-refractivity contribution in [2.24, 2.45) is 11.7 Å². The third-order valence-electron chi connectivity index (χ3n) is 3.04. The van der Waals surface area contributed by atoms with Gasteiger partial charge in [0.1, 0.15) is 0 Å². The van der Waals surface area contributed by atoms with E-state index in [2.05, 4.69) is 16.5 Å². The van der Waals surface area contributed by atoms with Crippen LogP contribution in [0.3, 0.4) is 0 Å². The first-order chi connectivity index (χ1) is 7.88. The van der Waals surface area contributed by atoms with Gasteiger partial charge in [0.25, 0.3) is 0 Å². The normalized spacial score (nSPS) is 15.6. The van der Waals surface area contributed by atoms with Gasteiger partial charge in [-0.25, -0.2) is 4.98 Å². The first-order valence-electron chi connectivity index (χ1n) is 6.30. The molecule has 4 nitrogen and oxygen atoms in total. The molecule has 16 heavy (non-hydrogen) atoms. The molecule has 0 unspecified atom stereocenters. The molecule has 0 amide bonds. The lowest BCUT2D eigenvalue weighted by molar-refractivity contribution is 0.590. The summed E-state index contributed by atoms with van der Waals surface area (Å²) in [5.74, 6) is 1.05. The van der Waals surface area contributed by atoms with Crippen molar-refractivity contribution in [3.63, 3.8) is 0 Å². The summed E-state index contributed by atoms with van der Waals surface area (Å²) in [5.41, 5.74) is 6.59. The summed E-state index contributed by atoms with van der Waals surface area (Å²) in [5, 5.41) is 3.43. The molecule has 1 aromatic heterocycles. The number of imidazole rings is 1. The van der Waals surface area contributed by atoms with E-state index in [1.807, 2.05) is 10.9 Å². The maximum atomic E-state index is 5.48. The van der Waals surface area contributed by atoms with Crippen molar-refractivity contribution in [1.82, 2.24) is 14.9 Å². The van der Waals surface area contributed by atoms with Gasteiger partial charge in [0.2, 0.25) is 0 Å². The molecular weight excluding hydrogens is 200 g/mol. The van der Waals surface area contributed by atoms with Gasteiger partial charge >= 0.3 is 0 Å². The molecule has 0 radical (unpaired) electrons. The first kappa shape index (κ1) is 11.6. The van der Waals surface area contributed by atoms with Gasteiger partial charge in [-0.15, -0.1) is 0 Å². The summed E-state index contributed by atoms with van der Waals surface area (Å²) >= 11 is 0. The lowest BCUT2D eigenvalue weighted by atomic mass is 10.2. The molecule has 0 spiro atoms. The van der Waals surface area contributed by atoms with Crippen LogP contribution in [0.5, 0.6) is 0 Å². The highest BCUT2D eigenvalue weighted by atomic mass is 15.0. The predicted molar refractivity (Wildman–Crippen MR) is 64.9 cm³/mol. The largest absolute Gasteiger partial charge is 0.336 e. The fraction of sp³-hybridized carbons (Fsp3) is 0.750. The lowest BCUT2D eigenvalue weighted by Gasteiger charge is -2.01. The van der Waals surface area contributed by atoms with Gasteiger partial charge in [0.15, 0.2) is 0 Å². The van der Waals surface area contributed by atoms with E-state index in [1.54, 1.807) is 0 Å². The van der Waals surface area contributed by atoms with Gasteiger partial charge in [-0.3, -0.25) is 0 Å². The fourth-order valence-electron chi connectivity index (χ4n) is 1.91. The lowest BCUT2D eigenvalue weighted by Crippen LogP contribution is -2.15. The second-order valence-electron chi connectivity index (χ2n) is 4.65. The molecule has 0 bridgehead atoms. The second kappa shape index (κ2) is 6.01. The second-order valence-corrected chi connectivity index (χ2v) is 4.65. The van der Waals surface area contributed by atoms with E-state index in [0.29, 0.717) is 6.54 Å². The Morgan fingerprint density at radius 2 is 2.38 bits per heavy atom. The smallest absolute Gasteiger partial charge is 0.0950 e. The molecule has 2 rings (SSSR count). The van der Waals surface area contributed by atoms with E-state index in [1.165, 1.54) is 25.7 Å². The Balaban J connectivity index is 1.56. The number of rotatable bonds is 8. The monoisotopic (exact) mass is 222 g/mol. The summed E-state index contributed by atoms with van der Waals surface area (Å²) in [6.45, 7) is 3.52. The van der Waals surface area contributed by atoms with Crippen molar-refractivity contribution in [2.75, 3.05) is 13.1 Å². The number of nitrogens with two attached hydrogens (primary N) is 1. The maximum absolute atomic E-state index is 5.48. The van der Waals surface area contributed by atoms with Gasteiger partial charge in [-0.05, 0) is 25.3 Å². The van der Waals surface area contributed by atoms with Crippen LogP contribution in [0.4, 0.5) is 0 Å². The molecule has 3 N–H and O–H groups in total.